The van der Waals surface area contributed by atoms with Crippen molar-refractivity contribution in [2.75, 3.05) is 21.3 Å². The van der Waals surface area contributed by atoms with Gasteiger partial charge in [-0.1, -0.05) is 26.0 Å². The second kappa shape index (κ2) is 9.88. The summed E-state index contributed by atoms with van der Waals surface area (Å²) in [5.41, 5.74) is 0.915. The van der Waals surface area contributed by atoms with Gasteiger partial charge >= 0.3 is 6.09 Å². The fourth-order valence-electron chi connectivity index (χ4n) is 2.53. The Morgan fingerprint density at radius 1 is 0.960 bits per heavy atom. The van der Waals surface area contributed by atoms with Gasteiger partial charge in [-0.05, 0) is 30.5 Å². The molecule has 7 nitrogen and oxygen atoms in total. The SMILES string of the molecule is COC(=O)N[C@H](C(=O)N[C@@H](C)[C@H](OC)c1ccc(OC)cc1)C(C)C. The highest BCUT2D eigenvalue weighted by atomic mass is 16.5. The molecular formula is C18H28N2O5. The van der Waals surface area contributed by atoms with Gasteiger partial charge in [-0.25, -0.2) is 4.79 Å². The lowest BCUT2D eigenvalue weighted by molar-refractivity contribution is -0.125. The molecule has 7 heteroatoms. The van der Waals surface area contributed by atoms with Crippen molar-refractivity contribution in [1.29, 1.82) is 0 Å². The van der Waals surface area contributed by atoms with Gasteiger partial charge in [-0.3, -0.25) is 4.79 Å². The second-order valence-electron chi connectivity index (χ2n) is 6.08. The molecule has 140 valence electrons. The molecule has 3 atom stereocenters. The fourth-order valence-corrected chi connectivity index (χ4v) is 2.53. The van der Waals surface area contributed by atoms with E-state index in [1.165, 1.54) is 7.11 Å². The molecule has 0 saturated carbocycles. The van der Waals surface area contributed by atoms with E-state index in [2.05, 4.69) is 15.4 Å². The second-order valence-corrected chi connectivity index (χ2v) is 6.08. The van der Waals surface area contributed by atoms with Crippen LogP contribution in [0.3, 0.4) is 0 Å². The molecule has 0 aliphatic rings. The average molecular weight is 352 g/mol. The third-order valence-electron chi connectivity index (χ3n) is 3.93. The number of hydrogen-bond acceptors (Lipinski definition) is 5. The normalized spacial score (nSPS) is 14.4. The summed E-state index contributed by atoms with van der Waals surface area (Å²) in [7, 11) is 4.45. The van der Waals surface area contributed by atoms with Crippen LogP contribution >= 0.6 is 0 Å². The Morgan fingerprint density at radius 2 is 1.56 bits per heavy atom. The maximum absolute atomic E-state index is 12.5. The minimum Gasteiger partial charge on any atom is -0.497 e. The van der Waals surface area contributed by atoms with Crippen LogP contribution in [0.2, 0.25) is 0 Å². The molecule has 25 heavy (non-hydrogen) atoms. The zero-order valence-electron chi connectivity index (χ0n) is 15.7. The van der Waals surface area contributed by atoms with Crippen molar-refractivity contribution in [1.82, 2.24) is 10.6 Å². The number of carbonyl (C=O) groups excluding carboxylic acids is 2. The molecule has 0 aliphatic carbocycles. The van der Waals surface area contributed by atoms with Crippen LogP contribution in [0.5, 0.6) is 5.75 Å². The highest BCUT2D eigenvalue weighted by Crippen LogP contribution is 2.23. The largest absolute Gasteiger partial charge is 0.497 e. The van der Waals surface area contributed by atoms with E-state index in [-0.39, 0.29) is 24.0 Å². The Balaban J connectivity index is 2.82. The summed E-state index contributed by atoms with van der Waals surface area (Å²) in [5, 5.41) is 5.46. The third kappa shape index (κ3) is 5.94. The molecule has 0 heterocycles. The summed E-state index contributed by atoms with van der Waals surface area (Å²) in [6.45, 7) is 5.55. The summed E-state index contributed by atoms with van der Waals surface area (Å²) >= 11 is 0. The first-order valence-electron chi connectivity index (χ1n) is 8.15. The van der Waals surface area contributed by atoms with Crippen molar-refractivity contribution in [2.45, 2.75) is 39.0 Å². The zero-order valence-corrected chi connectivity index (χ0v) is 15.7. The minimum atomic E-state index is -0.691. The van der Waals surface area contributed by atoms with Crippen molar-refractivity contribution in [3.05, 3.63) is 29.8 Å². The maximum Gasteiger partial charge on any atom is 0.407 e. The van der Waals surface area contributed by atoms with E-state index in [1.807, 2.05) is 45.0 Å². The van der Waals surface area contributed by atoms with Crippen LogP contribution in [0, 0.1) is 5.92 Å². The van der Waals surface area contributed by atoms with Crippen LogP contribution in [0.25, 0.3) is 0 Å². The van der Waals surface area contributed by atoms with Crippen molar-refractivity contribution >= 4 is 12.0 Å². The quantitative estimate of drug-likeness (QED) is 0.749. The topological polar surface area (TPSA) is 85.9 Å². The predicted octanol–water partition coefficient (Wildman–Crippen LogP) is 2.27. The Hall–Kier alpha value is -2.28. The number of rotatable bonds is 8. The van der Waals surface area contributed by atoms with Crippen LogP contribution in [0.1, 0.15) is 32.4 Å². The highest BCUT2D eigenvalue weighted by molar-refractivity contribution is 5.86. The fraction of sp³-hybridized carbons (Fsp3) is 0.556. The van der Waals surface area contributed by atoms with Gasteiger partial charge in [0.25, 0.3) is 0 Å². The lowest BCUT2D eigenvalue weighted by atomic mass is 10.0. The van der Waals surface area contributed by atoms with E-state index in [4.69, 9.17) is 9.47 Å². The lowest BCUT2D eigenvalue weighted by Crippen LogP contribution is -2.52. The van der Waals surface area contributed by atoms with Gasteiger partial charge < -0.3 is 24.8 Å². The molecule has 0 spiro atoms. The Kier molecular flexibility index (Phi) is 8.21. The molecule has 1 aromatic rings. The summed E-state index contributed by atoms with van der Waals surface area (Å²) in [6.07, 6.45) is -0.972. The van der Waals surface area contributed by atoms with Gasteiger partial charge in [0, 0.05) is 7.11 Å². The monoisotopic (exact) mass is 352 g/mol. The molecule has 1 rings (SSSR count). The zero-order chi connectivity index (χ0) is 19.0. The molecule has 2 amide bonds. The Morgan fingerprint density at radius 3 is 2.00 bits per heavy atom. The van der Waals surface area contributed by atoms with E-state index in [0.29, 0.717) is 0 Å². The Labute approximate surface area is 149 Å². The van der Waals surface area contributed by atoms with Gasteiger partial charge in [0.05, 0.1) is 20.3 Å². The van der Waals surface area contributed by atoms with Crippen molar-refractivity contribution in [3.63, 3.8) is 0 Å². The van der Waals surface area contributed by atoms with Crippen LogP contribution in [-0.2, 0) is 14.3 Å². The first-order chi connectivity index (χ1) is 11.8. The number of benzene rings is 1. The number of nitrogens with one attached hydrogen (secondary N) is 2. The first-order valence-corrected chi connectivity index (χ1v) is 8.15. The number of hydrogen-bond donors (Lipinski definition) is 2. The van der Waals surface area contributed by atoms with E-state index < -0.39 is 12.1 Å². The third-order valence-corrected chi connectivity index (χ3v) is 3.93. The lowest BCUT2D eigenvalue weighted by Gasteiger charge is -2.27. The van der Waals surface area contributed by atoms with Crippen molar-refractivity contribution in [3.8, 4) is 5.75 Å². The summed E-state index contributed by atoms with van der Waals surface area (Å²) in [5.74, 6) is 0.370. The summed E-state index contributed by atoms with van der Waals surface area (Å²) in [6, 6.07) is 6.47. The van der Waals surface area contributed by atoms with Crippen molar-refractivity contribution in [2.24, 2.45) is 5.92 Å². The van der Waals surface area contributed by atoms with Gasteiger partial charge in [0.15, 0.2) is 0 Å². The van der Waals surface area contributed by atoms with Gasteiger partial charge in [-0.2, -0.15) is 0 Å². The summed E-state index contributed by atoms with van der Waals surface area (Å²) in [4.78, 5) is 24.0. The molecule has 1 aromatic carbocycles. The number of methoxy groups -OCH3 is 3. The van der Waals surface area contributed by atoms with E-state index in [0.717, 1.165) is 11.3 Å². The van der Waals surface area contributed by atoms with E-state index in [9.17, 15) is 9.59 Å². The smallest absolute Gasteiger partial charge is 0.407 e. The van der Waals surface area contributed by atoms with E-state index >= 15 is 0 Å². The molecule has 0 unspecified atom stereocenters. The molecule has 0 bridgehead atoms. The molecule has 0 aromatic heterocycles. The van der Waals surface area contributed by atoms with Crippen molar-refractivity contribution < 1.29 is 23.8 Å². The standard InChI is InChI=1S/C18H28N2O5/c1-11(2)15(20-18(22)25-6)17(21)19-12(3)16(24-5)13-7-9-14(23-4)10-8-13/h7-12,15-16H,1-6H3,(H,19,21)(H,20,22)/t12-,15-,16-/m0/s1. The minimum absolute atomic E-state index is 0.0896. The first kappa shape index (κ1) is 20.8. The number of carbonyl (C=O) groups is 2. The van der Waals surface area contributed by atoms with Gasteiger partial charge in [-0.15, -0.1) is 0 Å². The molecule has 0 fully saturated rings. The number of alkyl carbamates (subject to hydrolysis) is 1. The molecule has 0 radical (unpaired) electrons. The van der Waals surface area contributed by atoms with Gasteiger partial charge in [0.2, 0.25) is 5.91 Å². The maximum atomic E-state index is 12.5. The van der Waals surface area contributed by atoms with Gasteiger partial charge in [0.1, 0.15) is 17.9 Å². The van der Waals surface area contributed by atoms with Crippen LogP contribution in [0.15, 0.2) is 24.3 Å². The highest BCUT2D eigenvalue weighted by Gasteiger charge is 2.28. The van der Waals surface area contributed by atoms with Crippen LogP contribution in [0.4, 0.5) is 4.79 Å². The predicted molar refractivity (Wildman–Crippen MR) is 94.5 cm³/mol. The van der Waals surface area contributed by atoms with E-state index in [1.54, 1.807) is 14.2 Å². The summed E-state index contributed by atoms with van der Waals surface area (Å²) < 4.78 is 15.3. The number of ether oxygens (including phenoxy) is 3. The van der Waals surface area contributed by atoms with Crippen LogP contribution < -0.4 is 15.4 Å². The molecule has 2 N–H and O–H groups in total. The molecule has 0 saturated heterocycles. The Bertz CT molecular complexity index is 559. The van der Waals surface area contributed by atoms with Crippen LogP contribution in [-0.4, -0.2) is 45.4 Å². The number of amides is 2. The average Bonchev–Trinajstić information content (AvgIpc) is 2.60. The molecular weight excluding hydrogens is 324 g/mol. The molecule has 0 aliphatic heterocycles.